The van der Waals surface area contributed by atoms with Crippen molar-refractivity contribution in [2.75, 3.05) is 35.5 Å². The van der Waals surface area contributed by atoms with Gasteiger partial charge >= 0.3 is 23.9 Å². The number of rotatable bonds is 14. The maximum absolute atomic E-state index is 12.4. The zero-order valence-electron chi connectivity index (χ0n) is 33.6. The molecule has 0 fully saturated rings. The van der Waals surface area contributed by atoms with Crippen LogP contribution >= 0.6 is 0 Å². The number of carbonyl (C=O) groups excluding carboxylic acids is 2. The first kappa shape index (κ1) is 44.3. The summed E-state index contributed by atoms with van der Waals surface area (Å²) >= 11 is 0. The van der Waals surface area contributed by atoms with Crippen LogP contribution < -0.4 is 9.47 Å². The summed E-state index contributed by atoms with van der Waals surface area (Å²) in [5.74, 6) is -4.07. The summed E-state index contributed by atoms with van der Waals surface area (Å²) in [6, 6.07) is 15.0. The number of carboxylic acids is 2. The highest BCUT2D eigenvalue weighted by molar-refractivity contribution is 6.06. The Morgan fingerprint density at radius 1 is 0.714 bits per heavy atom. The van der Waals surface area contributed by atoms with Crippen molar-refractivity contribution in [3.05, 3.63) is 105 Å². The lowest BCUT2D eigenvalue weighted by Crippen LogP contribution is -2.52. The highest BCUT2D eigenvalue weighted by Crippen LogP contribution is 2.43. The number of carbonyl (C=O) groups is 4. The van der Waals surface area contributed by atoms with Crippen molar-refractivity contribution in [2.45, 2.75) is 71.8 Å². The third kappa shape index (κ3) is 9.60. The monoisotopic (exact) mass is 776 g/mol. The van der Waals surface area contributed by atoms with Gasteiger partial charge in [-0.05, 0) is 79.8 Å². The number of aliphatic carboxylic acids is 2. The van der Waals surface area contributed by atoms with E-state index in [1.54, 1.807) is 33.1 Å². The van der Waals surface area contributed by atoms with Gasteiger partial charge < -0.3 is 44.3 Å². The lowest BCUT2D eigenvalue weighted by molar-refractivity contribution is -0.137. The summed E-state index contributed by atoms with van der Waals surface area (Å²) in [7, 11) is 7.27. The van der Waals surface area contributed by atoms with Crippen LogP contribution in [0.2, 0.25) is 0 Å². The van der Waals surface area contributed by atoms with Crippen molar-refractivity contribution >= 4 is 23.9 Å². The number of aromatic nitrogens is 1. The first-order chi connectivity index (χ1) is 26.4. The number of pyridine rings is 1. The number of nitrogens with zero attached hydrogens (tertiary/aromatic N) is 2. The number of aryl methyl sites for hydroxylation is 3. The van der Waals surface area contributed by atoms with Gasteiger partial charge in [0, 0.05) is 7.05 Å². The minimum atomic E-state index is -1.45. The number of benzene rings is 2. The van der Waals surface area contributed by atoms with E-state index in [-0.39, 0.29) is 34.3 Å². The Hall–Kier alpha value is -6.05. The molecule has 2 heterocycles. The largest absolute Gasteiger partial charge is 0.505 e. The fourth-order valence-electron chi connectivity index (χ4n) is 6.69. The Morgan fingerprint density at radius 2 is 1.20 bits per heavy atom. The van der Waals surface area contributed by atoms with Crippen LogP contribution in [0.25, 0.3) is 0 Å². The van der Waals surface area contributed by atoms with E-state index in [1.807, 2.05) is 76.2 Å². The van der Waals surface area contributed by atoms with E-state index >= 15 is 0 Å². The van der Waals surface area contributed by atoms with E-state index in [9.17, 15) is 39.6 Å². The second-order valence-corrected chi connectivity index (χ2v) is 14.0. The smallest absolute Gasteiger partial charge is 0.342 e. The van der Waals surface area contributed by atoms with Gasteiger partial charge in [0.05, 0.1) is 62.2 Å². The lowest BCUT2D eigenvalue weighted by Gasteiger charge is -2.47. The molecule has 302 valence electrons. The number of likely N-dealkylation sites (N-methyl/N-ethyl adjacent to an activating group) is 1. The average molecular weight is 777 g/mol. The van der Waals surface area contributed by atoms with Crippen LogP contribution in [0, 0.1) is 5.92 Å². The van der Waals surface area contributed by atoms with E-state index in [1.165, 1.54) is 14.2 Å². The molecule has 56 heavy (non-hydrogen) atoms. The molecule has 0 amide bonds. The minimum Gasteiger partial charge on any atom is -0.505 e. The number of hydrogen-bond donors (Lipinski definition) is 4. The lowest BCUT2D eigenvalue weighted by atomic mass is 9.77. The number of aromatic hydroxyl groups is 1. The van der Waals surface area contributed by atoms with Crippen molar-refractivity contribution in [2.24, 2.45) is 5.92 Å². The van der Waals surface area contributed by atoms with Gasteiger partial charge in [0.2, 0.25) is 0 Å². The fourth-order valence-corrected chi connectivity index (χ4v) is 6.69. The van der Waals surface area contributed by atoms with E-state index in [0.717, 1.165) is 22.6 Å². The molecule has 1 aliphatic heterocycles. The first-order valence-electron chi connectivity index (χ1n) is 17.9. The third-order valence-electron chi connectivity index (χ3n) is 9.81. The zero-order valence-corrected chi connectivity index (χ0v) is 33.6. The standard InChI is InChI=1S/C21H25NO6.C21H27NO6/c1-12(2)18-19(23)17(21(25)28-5)16(20(24)27-4)15(22-18)11-8-13-6-9-14(26-3)10-7-13;1-12(2)17-18(23)15(19(24)25)16(20(26)27)21(3,22(17)4)11-10-13-6-8-14(28-5)9-7-13/h6-7,9-10,12,23H,8,11H2,1-5H3;6-9,12,23H,10-11H2,1-5H3,(H,24,25)(H,26,27). The van der Waals surface area contributed by atoms with Crippen molar-refractivity contribution in [3.63, 3.8) is 0 Å². The molecule has 0 aliphatic carbocycles. The first-order valence-corrected chi connectivity index (χ1v) is 17.9. The second kappa shape index (κ2) is 19.0. The Morgan fingerprint density at radius 3 is 1.61 bits per heavy atom. The predicted molar refractivity (Wildman–Crippen MR) is 207 cm³/mol. The molecule has 2 aromatic carbocycles. The molecule has 1 aliphatic rings. The number of aliphatic hydroxyl groups is 1. The summed E-state index contributed by atoms with van der Waals surface area (Å²) in [5.41, 5.74) is 0.888. The molecule has 1 aromatic heterocycles. The van der Waals surface area contributed by atoms with Crippen molar-refractivity contribution in [1.29, 1.82) is 0 Å². The van der Waals surface area contributed by atoms with Gasteiger partial charge in [0.1, 0.15) is 28.4 Å². The van der Waals surface area contributed by atoms with Gasteiger partial charge in [-0.25, -0.2) is 19.2 Å². The molecule has 0 bridgehead atoms. The highest BCUT2D eigenvalue weighted by Gasteiger charge is 2.47. The number of ether oxygens (including phenoxy) is 4. The number of aliphatic hydroxyl groups excluding tert-OH is 1. The molecule has 0 radical (unpaired) electrons. The Bertz CT molecular complexity index is 1980. The van der Waals surface area contributed by atoms with E-state index < -0.39 is 40.7 Å². The number of methoxy groups -OCH3 is 4. The normalized spacial score (nSPS) is 15.3. The van der Waals surface area contributed by atoms with Gasteiger partial charge in [-0.1, -0.05) is 52.0 Å². The fraction of sp³-hybridized carbons (Fsp3) is 0.405. The molecule has 0 spiro atoms. The number of hydrogen-bond acceptors (Lipinski definition) is 12. The summed E-state index contributed by atoms with van der Waals surface area (Å²) in [6.45, 7) is 9.05. The second-order valence-electron chi connectivity index (χ2n) is 14.0. The zero-order chi connectivity index (χ0) is 42.1. The topological polar surface area (TPSA) is 202 Å². The summed E-state index contributed by atoms with van der Waals surface area (Å²) < 4.78 is 19.9. The molecule has 14 heteroatoms. The van der Waals surface area contributed by atoms with Gasteiger partial charge in [-0.15, -0.1) is 0 Å². The average Bonchev–Trinajstić information content (AvgIpc) is 3.17. The maximum Gasteiger partial charge on any atom is 0.342 e. The molecule has 14 nitrogen and oxygen atoms in total. The Labute approximate surface area is 327 Å². The van der Waals surface area contributed by atoms with Gasteiger partial charge in [-0.2, -0.15) is 0 Å². The van der Waals surface area contributed by atoms with Crippen LogP contribution in [0.5, 0.6) is 17.2 Å². The summed E-state index contributed by atoms with van der Waals surface area (Å²) in [4.78, 5) is 54.8. The van der Waals surface area contributed by atoms with E-state index in [4.69, 9.17) is 18.9 Å². The van der Waals surface area contributed by atoms with Crippen LogP contribution in [-0.4, -0.2) is 95.2 Å². The third-order valence-corrected chi connectivity index (χ3v) is 9.81. The molecular weight excluding hydrogens is 724 g/mol. The SMILES string of the molecule is COC(=O)c1c(CCc2ccc(OC)cc2)nc(C(C)C)c(O)c1C(=O)OC.COc1ccc(CCC2(C)C(C(=O)O)=C(C(=O)O)C(O)=C(C(C)C)N2C)cc1. The molecule has 4 rings (SSSR count). The number of esters is 2. The number of carboxylic acid groups (broad SMARTS) is 2. The molecule has 1 unspecified atom stereocenters. The summed E-state index contributed by atoms with van der Waals surface area (Å²) in [6.07, 6.45) is 1.84. The predicted octanol–water partition coefficient (Wildman–Crippen LogP) is 6.50. The van der Waals surface area contributed by atoms with Crippen molar-refractivity contribution in [1.82, 2.24) is 9.88 Å². The molecule has 3 aromatic rings. The van der Waals surface area contributed by atoms with E-state index in [0.29, 0.717) is 42.8 Å². The van der Waals surface area contributed by atoms with Crippen LogP contribution in [-0.2, 0) is 38.3 Å². The number of allylic oxidation sites excluding steroid dienone is 1. The quantitative estimate of drug-likeness (QED) is 0.129. The van der Waals surface area contributed by atoms with Gasteiger partial charge in [0.15, 0.2) is 5.75 Å². The van der Waals surface area contributed by atoms with Crippen LogP contribution in [0.15, 0.2) is 71.1 Å². The highest BCUT2D eigenvalue weighted by atomic mass is 16.5. The molecule has 0 saturated carbocycles. The van der Waals surface area contributed by atoms with Crippen molar-refractivity contribution in [3.8, 4) is 17.2 Å². The van der Waals surface area contributed by atoms with E-state index in [2.05, 4.69) is 4.98 Å². The Kier molecular flexibility index (Phi) is 15.1. The molecule has 0 saturated heterocycles. The van der Waals surface area contributed by atoms with Crippen molar-refractivity contribution < 1.29 is 58.6 Å². The Balaban J connectivity index is 0.000000300. The molecule has 4 N–H and O–H groups in total. The van der Waals surface area contributed by atoms with Gasteiger partial charge in [-0.3, -0.25) is 4.98 Å². The summed E-state index contributed by atoms with van der Waals surface area (Å²) in [5, 5.41) is 40.6. The van der Waals surface area contributed by atoms with Crippen LogP contribution in [0.3, 0.4) is 0 Å². The molecular formula is C42H52N2O12. The van der Waals surface area contributed by atoms with Gasteiger partial charge in [0.25, 0.3) is 0 Å². The maximum atomic E-state index is 12.4. The van der Waals surface area contributed by atoms with Crippen LogP contribution in [0.4, 0.5) is 0 Å². The minimum absolute atomic E-state index is 0.0650. The molecule has 1 atom stereocenters. The van der Waals surface area contributed by atoms with Crippen LogP contribution in [0.1, 0.15) is 90.2 Å².